The molecule has 2 aromatic rings. The van der Waals surface area contributed by atoms with Gasteiger partial charge in [0.25, 0.3) is 0 Å². The summed E-state index contributed by atoms with van der Waals surface area (Å²) in [6.07, 6.45) is 3.14. The van der Waals surface area contributed by atoms with Gasteiger partial charge in [-0.1, -0.05) is 72.1 Å². The van der Waals surface area contributed by atoms with Gasteiger partial charge >= 0.3 is 0 Å². The largest absolute Gasteiger partial charge is 0.387 e. The van der Waals surface area contributed by atoms with Gasteiger partial charge in [-0.15, -0.1) is 5.92 Å². The first-order valence-electron chi connectivity index (χ1n) is 12.3. The number of nitrogens with zero attached hydrogens (tertiary/aromatic N) is 1. The van der Waals surface area contributed by atoms with Crippen LogP contribution in [-0.2, 0) is 0 Å². The Hall–Kier alpha value is -2.53. The average molecular weight is 431 g/mol. The summed E-state index contributed by atoms with van der Waals surface area (Å²) in [4.78, 5) is 4.99. The zero-order valence-corrected chi connectivity index (χ0v) is 21.4. The summed E-state index contributed by atoms with van der Waals surface area (Å²) >= 11 is 0. The lowest BCUT2D eigenvalue weighted by atomic mass is 9.86. The molecule has 2 aromatic carbocycles. The number of benzene rings is 2. The Kier molecular flexibility index (Phi) is 9.58. The maximum absolute atomic E-state index is 6.46. The van der Waals surface area contributed by atoms with Crippen molar-refractivity contribution in [3.05, 3.63) is 58.7 Å². The molecular weight excluding hydrogens is 388 g/mol. The van der Waals surface area contributed by atoms with Gasteiger partial charge < -0.3 is 5.73 Å². The summed E-state index contributed by atoms with van der Waals surface area (Å²) in [7, 11) is 0. The van der Waals surface area contributed by atoms with Gasteiger partial charge in [-0.25, -0.2) is 0 Å². The second-order valence-electron chi connectivity index (χ2n) is 9.21. The first-order valence-corrected chi connectivity index (χ1v) is 12.3. The number of hydrogen-bond donors (Lipinski definition) is 1. The topological polar surface area (TPSA) is 38.4 Å². The maximum Gasteiger partial charge on any atom is 0.0975 e. The van der Waals surface area contributed by atoms with Gasteiger partial charge in [-0.2, -0.15) is 0 Å². The van der Waals surface area contributed by atoms with Crippen molar-refractivity contribution >= 4 is 5.84 Å². The van der Waals surface area contributed by atoms with E-state index in [1.54, 1.807) is 0 Å². The van der Waals surface area contributed by atoms with Gasteiger partial charge in [0, 0.05) is 11.5 Å². The van der Waals surface area contributed by atoms with E-state index in [0.29, 0.717) is 17.8 Å². The SMILES string of the molecule is CC#Cc1ccc(C(C)CC)c(-c2cc(C(CC)/N=C(/N)C(C)C(C)CC)ccc2C)c1. The van der Waals surface area contributed by atoms with Crippen LogP contribution in [-0.4, -0.2) is 5.84 Å². The zero-order valence-electron chi connectivity index (χ0n) is 21.4. The third kappa shape index (κ3) is 6.04. The second kappa shape index (κ2) is 11.9. The molecule has 0 spiro atoms. The molecule has 0 fully saturated rings. The van der Waals surface area contributed by atoms with E-state index in [1.165, 1.54) is 27.8 Å². The van der Waals surface area contributed by atoms with Crippen LogP contribution in [0.25, 0.3) is 11.1 Å². The Morgan fingerprint density at radius 2 is 1.66 bits per heavy atom. The van der Waals surface area contributed by atoms with Gasteiger partial charge in [0.15, 0.2) is 0 Å². The van der Waals surface area contributed by atoms with Crippen molar-refractivity contribution in [3.63, 3.8) is 0 Å². The minimum Gasteiger partial charge on any atom is -0.387 e. The van der Waals surface area contributed by atoms with Crippen molar-refractivity contribution in [1.82, 2.24) is 0 Å². The monoisotopic (exact) mass is 430 g/mol. The highest BCUT2D eigenvalue weighted by Crippen LogP contribution is 2.36. The summed E-state index contributed by atoms with van der Waals surface area (Å²) in [6, 6.07) is 13.5. The number of nitrogens with two attached hydrogens (primary N) is 1. The minimum absolute atomic E-state index is 0.0755. The minimum atomic E-state index is 0.0755. The highest BCUT2D eigenvalue weighted by atomic mass is 14.9. The summed E-state index contributed by atoms with van der Waals surface area (Å²) < 4.78 is 0. The first-order chi connectivity index (χ1) is 15.3. The predicted molar refractivity (Wildman–Crippen MR) is 141 cm³/mol. The van der Waals surface area contributed by atoms with Crippen LogP contribution in [0.15, 0.2) is 41.4 Å². The van der Waals surface area contributed by atoms with Crippen LogP contribution < -0.4 is 5.73 Å². The molecule has 0 amide bonds. The highest BCUT2D eigenvalue weighted by molar-refractivity contribution is 5.83. The first kappa shape index (κ1) is 25.7. The Balaban J connectivity index is 2.59. The standard InChI is InChI=1S/C30H42N2/c1-9-13-24-15-17-26(21(6)11-3)28(18-24)27-19-25(16-14-22(27)7)29(12-4)32-30(31)23(8)20(5)10-2/h14-21,23,29H,10-12H2,1-8H3,(H2,31,32). The fraction of sp³-hybridized carbons (Fsp3) is 0.500. The third-order valence-electron chi connectivity index (χ3n) is 7.06. The lowest BCUT2D eigenvalue weighted by molar-refractivity contribution is 0.463. The molecule has 0 aliphatic carbocycles. The normalized spacial score (nSPS) is 15.4. The zero-order chi connectivity index (χ0) is 23.8. The molecule has 2 nitrogen and oxygen atoms in total. The number of rotatable bonds is 9. The van der Waals surface area contributed by atoms with E-state index in [9.17, 15) is 0 Å². The van der Waals surface area contributed by atoms with Crippen LogP contribution in [0.2, 0.25) is 0 Å². The summed E-state index contributed by atoms with van der Waals surface area (Å²) in [6.45, 7) is 17.5. The Morgan fingerprint density at radius 3 is 2.25 bits per heavy atom. The molecule has 0 aliphatic rings. The molecule has 0 radical (unpaired) electrons. The molecule has 4 unspecified atom stereocenters. The van der Waals surface area contributed by atoms with Crippen molar-refractivity contribution in [2.24, 2.45) is 22.6 Å². The summed E-state index contributed by atoms with van der Waals surface area (Å²) in [5, 5.41) is 0. The van der Waals surface area contributed by atoms with Gasteiger partial charge in [0.1, 0.15) is 0 Å². The lowest BCUT2D eigenvalue weighted by Crippen LogP contribution is -2.27. The van der Waals surface area contributed by atoms with Crippen LogP contribution in [0, 0.1) is 30.6 Å². The fourth-order valence-corrected chi connectivity index (χ4v) is 4.14. The average Bonchev–Trinajstić information content (AvgIpc) is 2.81. The molecule has 0 heterocycles. The van der Waals surface area contributed by atoms with Crippen LogP contribution in [0.4, 0.5) is 0 Å². The molecule has 32 heavy (non-hydrogen) atoms. The Labute approximate surface area is 196 Å². The molecule has 172 valence electrons. The van der Waals surface area contributed by atoms with E-state index in [1.807, 2.05) is 6.92 Å². The van der Waals surface area contributed by atoms with Crippen molar-refractivity contribution < 1.29 is 0 Å². The molecule has 0 aromatic heterocycles. The summed E-state index contributed by atoms with van der Waals surface area (Å²) in [5.41, 5.74) is 14.0. The smallest absolute Gasteiger partial charge is 0.0975 e. The molecular formula is C30H42N2. The van der Waals surface area contributed by atoms with Gasteiger partial charge in [-0.05, 0) is 84.5 Å². The second-order valence-corrected chi connectivity index (χ2v) is 9.21. The van der Waals surface area contributed by atoms with Crippen molar-refractivity contribution in [3.8, 4) is 23.0 Å². The molecule has 0 aliphatic heterocycles. The van der Waals surface area contributed by atoms with Crippen LogP contribution in [0.3, 0.4) is 0 Å². The number of aryl methyl sites for hydroxylation is 1. The Morgan fingerprint density at radius 1 is 0.938 bits per heavy atom. The predicted octanol–water partition coefficient (Wildman–Crippen LogP) is 8.04. The van der Waals surface area contributed by atoms with Gasteiger partial charge in [0.2, 0.25) is 0 Å². The van der Waals surface area contributed by atoms with E-state index in [4.69, 9.17) is 10.7 Å². The number of hydrogen-bond acceptors (Lipinski definition) is 1. The Bertz CT molecular complexity index is 990. The van der Waals surface area contributed by atoms with Crippen molar-refractivity contribution in [1.29, 1.82) is 0 Å². The quantitative estimate of drug-likeness (QED) is 0.244. The molecule has 0 saturated carbocycles. The van der Waals surface area contributed by atoms with Crippen molar-refractivity contribution in [2.45, 2.75) is 86.6 Å². The highest BCUT2D eigenvalue weighted by Gasteiger charge is 2.19. The van der Waals surface area contributed by atoms with Gasteiger partial charge in [-0.3, -0.25) is 4.99 Å². The maximum atomic E-state index is 6.46. The van der Waals surface area contributed by atoms with Crippen LogP contribution in [0.5, 0.6) is 0 Å². The van der Waals surface area contributed by atoms with Crippen LogP contribution >= 0.6 is 0 Å². The van der Waals surface area contributed by atoms with E-state index in [0.717, 1.165) is 30.7 Å². The van der Waals surface area contributed by atoms with E-state index >= 15 is 0 Å². The molecule has 2 N–H and O–H groups in total. The molecule has 4 atom stereocenters. The fourth-order valence-electron chi connectivity index (χ4n) is 4.14. The molecule has 0 saturated heterocycles. The third-order valence-corrected chi connectivity index (χ3v) is 7.06. The molecule has 0 bridgehead atoms. The summed E-state index contributed by atoms with van der Waals surface area (Å²) in [5.74, 6) is 8.37. The van der Waals surface area contributed by atoms with Crippen LogP contribution in [0.1, 0.15) is 102 Å². The van der Waals surface area contributed by atoms with E-state index in [-0.39, 0.29) is 6.04 Å². The van der Waals surface area contributed by atoms with E-state index in [2.05, 4.69) is 96.7 Å². The molecule has 2 heteroatoms. The molecule has 2 rings (SSSR count). The van der Waals surface area contributed by atoms with Crippen molar-refractivity contribution in [2.75, 3.05) is 0 Å². The number of amidine groups is 1. The van der Waals surface area contributed by atoms with Gasteiger partial charge in [0.05, 0.1) is 11.9 Å². The number of aliphatic imine (C=N–C) groups is 1. The van der Waals surface area contributed by atoms with E-state index < -0.39 is 0 Å². The lowest BCUT2D eigenvalue weighted by Gasteiger charge is -2.22.